The summed E-state index contributed by atoms with van der Waals surface area (Å²) in [6.45, 7) is 4.27. The zero-order chi connectivity index (χ0) is 19.6. The van der Waals surface area contributed by atoms with Crippen LogP contribution in [0.25, 0.3) is 0 Å². The van der Waals surface area contributed by atoms with Gasteiger partial charge in [0, 0.05) is 18.3 Å². The Morgan fingerprint density at radius 2 is 2.11 bits per heavy atom. The maximum absolute atomic E-state index is 12.8. The van der Waals surface area contributed by atoms with Crippen LogP contribution in [0.4, 0.5) is 0 Å². The molecular formula is C19H25N3O4S. The SMILES string of the molecule is COc1ccccc1CNC(=O)c1cn([C@H]2CCS(=O)(=O)C2)nc1C(C)C. The summed E-state index contributed by atoms with van der Waals surface area (Å²) in [6, 6.07) is 7.31. The third-order valence-corrected chi connectivity index (χ3v) is 6.52. The zero-order valence-electron chi connectivity index (χ0n) is 15.8. The highest BCUT2D eigenvalue weighted by Gasteiger charge is 2.31. The minimum Gasteiger partial charge on any atom is -0.496 e. The highest BCUT2D eigenvalue weighted by Crippen LogP contribution is 2.26. The molecule has 1 aliphatic rings. The summed E-state index contributed by atoms with van der Waals surface area (Å²) >= 11 is 0. The van der Waals surface area contributed by atoms with Gasteiger partial charge in [-0.15, -0.1) is 0 Å². The van der Waals surface area contributed by atoms with Gasteiger partial charge in [-0.05, 0) is 18.4 Å². The smallest absolute Gasteiger partial charge is 0.255 e. The van der Waals surface area contributed by atoms with Crippen molar-refractivity contribution in [1.29, 1.82) is 0 Å². The van der Waals surface area contributed by atoms with E-state index in [-0.39, 0.29) is 29.4 Å². The van der Waals surface area contributed by atoms with E-state index in [9.17, 15) is 13.2 Å². The number of nitrogens with one attached hydrogen (secondary N) is 1. The lowest BCUT2D eigenvalue weighted by molar-refractivity contribution is 0.0949. The van der Waals surface area contributed by atoms with Crippen LogP contribution in [0.2, 0.25) is 0 Å². The quantitative estimate of drug-likeness (QED) is 0.816. The zero-order valence-corrected chi connectivity index (χ0v) is 16.6. The molecule has 2 heterocycles. The van der Waals surface area contributed by atoms with E-state index >= 15 is 0 Å². The number of hydrogen-bond acceptors (Lipinski definition) is 5. The second-order valence-electron chi connectivity index (χ2n) is 7.11. The minimum atomic E-state index is -3.02. The number of aromatic nitrogens is 2. The Bertz CT molecular complexity index is 934. The Kier molecular flexibility index (Phi) is 5.55. The topological polar surface area (TPSA) is 90.3 Å². The van der Waals surface area contributed by atoms with Crippen LogP contribution in [-0.2, 0) is 16.4 Å². The van der Waals surface area contributed by atoms with Crippen LogP contribution < -0.4 is 10.1 Å². The Morgan fingerprint density at radius 3 is 2.74 bits per heavy atom. The summed E-state index contributed by atoms with van der Waals surface area (Å²) in [7, 11) is -1.42. The van der Waals surface area contributed by atoms with E-state index in [1.807, 2.05) is 38.1 Å². The molecular weight excluding hydrogens is 366 g/mol. The fourth-order valence-electron chi connectivity index (χ4n) is 3.30. The van der Waals surface area contributed by atoms with Crippen molar-refractivity contribution in [2.75, 3.05) is 18.6 Å². The summed E-state index contributed by atoms with van der Waals surface area (Å²) in [6.07, 6.45) is 2.21. The molecule has 1 atom stereocenters. The summed E-state index contributed by atoms with van der Waals surface area (Å²) in [4.78, 5) is 12.8. The van der Waals surface area contributed by atoms with E-state index < -0.39 is 9.84 Å². The number of nitrogens with zero attached hydrogens (tertiary/aromatic N) is 2. The lowest BCUT2D eigenvalue weighted by Gasteiger charge is -2.10. The highest BCUT2D eigenvalue weighted by molar-refractivity contribution is 7.91. The first-order valence-electron chi connectivity index (χ1n) is 9.00. The van der Waals surface area contributed by atoms with Gasteiger partial charge in [0.25, 0.3) is 5.91 Å². The first-order chi connectivity index (χ1) is 12.8. The Morgan fingerprint density at radius 1 is 1.37 bits per heavy atom. The van der Waals surface area contributed by atoms with Crippen molar-refractivity contribution >= 4 is 15.7 Å². The van der Waals surface area contributed by atoms with Gasteiger partial charge < -0.3 is 10.1 Å². The molecule has 1 aromatic heterocycles. The molecule has 0 unspecified atom stereocenters. The maximum atomic E-state index is 12.8. The van der Waals surface area contributed by atoms with E-state index in [1.54, 1.807) is 18.0 Å². The van der Waals surface area contributed by atoms with Gasteiger partial charge in [0.15, 0.2) is 9.84 Å². The summed E-state index contributed by atoms with van der Waals surface area (Å²) in [5.74, 6) is 0.792. The Labute approximate surface area is 159 Å². The predicted molar refractivity (Wildman–Crippen MR) is 103 cm³/mol. The number of rotatable bonds is 6. The van der Waals surface area contributed by atoms with E-state index in [4.69, 9.17) is 4.74 Å². The fourth-order valence-corrected chi connectivity index (χ4v) is 5.00. The van der Waals surface area contributed by atoms with Crippen molar-refractivity contribution in [3.8, 4) is 5.75 Å². The van der Waals surface area contributed by atoms with E-state index in [1.165, 1.54) is 0 Å². The highest BCUT2D eigenvalue weighted by atomic mass is 32.2. The number of sulfone groups is 1. The molecule has 0 radical (unpaired) electrons. The average Bonchev–Trinajstić information content (AvgIpc) is 3.23. The molecule has 1 N–H and O–H groups in total. The van der Waals surface area contributed by atoms with Crippen LogP contribution in [0.1, 0.15) is 53.8 Å². The fraction of sp³-hybridized carbons (Fsp3) is 0.474. The van der Waals surface area contributed by atoms with Gasteiger partial charge in [0.05, 0.1) is 35.9 Å². The van der Waals surface area contributed by atoms with Crippen molar-refractivity contribution in [2.45, 2.75) is 38.8 Å². The summed E-state index contributed by atoms with van der Waals surface area (Å²) < 4.78 is 30.5. The third-order valence-electron chi connectivity index (χ3n) is 4.77. The predicted octanol–water partition coefficient (Wildman–Crippen LogP) is 2.30. The van der Waals surface area contributed by atoms with Gasteiger partial charge in [0.2, 0.25) is 0 Å². The first-order valence-corrected chi connectivity index (χ1v) is 10.8. The molecule has 3 rings (SSSR count). The van der Waals surface area contributed by atoms with Crippen LogP contribution >= 0.6 is 0 Å². The molecule has 2 aromatic rings. The maximum Gasteiger partial charge on any atom is 0.255 e. The van der Waals surface area contributed by atoms with Gasteiger partial charge in [0.1, 0.15) is 5.75 Å². The molecule has 27 heavy (non-hydrogen) atoms. The number of carbonyl (C=O) groups excluding carboxylic acids is 1. The van der Waals surface area contributed by atoms with Crippen LogP contribution in [0.3, 0.4) is 0 Å². The normalized spacial score (nSPS) is 18.6. The number of amides is 1. The summed E-state index contributed by atoms with van der Waals surface area (Å²) in [5.41, 5.74) is 2.05. The second kappa shape index (κ2) is 7.72. The average molecular weight is 391 g/mol. The molecule has 146 valence electrons. The molecule has 1 saturated heterocycles. The lowest BCUT2D eigenvalue weighted by Crippen LogP contribution is -2.24. The molecule has 7 nitrogen and oxygen atoms in total. The molecule has 1 aromatic carbocycles. The van der Waals surface area contributed by atoms with Crippen molar-refractivity contribution in [1.82, 2.24) is 15.1 Å². The molecule has 1 amide bonds. The van der Waals surface area contributed by atoms with E-state index in [0.717, 1.165) is 5.56 Å². The number of carbonyl (C=O) groups is 1. The second-order valence-corrected chi connectivity index (χ2v) is 9.34. The molecule has 0 bridgehead atoms. The molecule has 1 aliphatic heterocycles. The van der Waals surface area contributed by atoms with Crippen LogP contribution in [0.15, 0.2) is 30.5 Å². The Balaban J connectivity index is 1.79. The molecule has 1 fully saturated rings. The largest absolute Gasteiger partial charge is 0.496 e. The lowest BCUT2D eigenvalue weighted by atomic mass is 10.1. The standard InChI is InChI=1S/C19H25N3O4S/c1-13(2)18-16(11-22(21-18)15-8-9-27(24,25)12-15)19(23)20-10-14-6-4-5-7-17(14)26-3/h4-7,11,13,15H,8-10,12H2,1-3H3,(H,20,23)/t15-/m0/s1. The van der Waals surface area contributed by atoms with Crippen LogP contribution in [-0.4, -0.2) is 42.7 Å². The summed E-state index contributed by atoms with van der Waals surface area (Å²) in [5, 5.41) is 7.45. The third kappa shape index (κ3) is 4.32. The van der Waals surface area contributed by atoms with E-state index in [2.05, 4.69) is 10.4 Å². The number of ether oxygens (including phenoxy) is 1. The first kappa shape index (κ1) is 19.4. The molecule has 0 spiro atoms. The Hall–Kier alpha value is -2.35. The number of para-hydroxylation sites is 1. The molecule has 8 heteroatoms. The van der Waals surface area contributed by atoms with E-state index in [0.29, 0.717) is 30.0 Å². The minimum absolute atomic E-state index is 0.0521. The van der Waals surface area contributed by atoms with Crippen molar-refractivity contribution in [3.05, 3.63) is 47.3 Å². The van der Waals surface area contributed by atoms with Crippen molar-refractivity contribution in [3.63, 3.8) is 0 Å². The van der Waals surface area contributed by atoms with Crippen LogP contribution in [0.5, 0.6) is 5.75 Å². The van der Waals surface area contributed by atoms with Gasteiger partial charge in [-0.3, -0.25) is 9.48 Å². The molecule has 0 aliphatic carbocycles. The van der Waals surface area contributed by atoms with Gasteiger partial charge in [-0.2, -0.15) is 5.10 Å². The van der Waals surface area contributed by atoms with Crippen molar-refractivity contribution < 1.29 is 17.9 Å². The van der Waals surface area contributed by atoms with Crippen molar-refractivity contribution in [2.24, 2.45) is 0 Å². The molecule has 0 saturated carbocycles. The van der Waals surface area contributed by atoms with Gasteiger partial charge >= 0.3 is 0 Å². The number of methoxy groups -OCH3 is 1. The van der Waals surface area contributed by atoms with Gasteiger partial charge in [-0.25, -0.2) is 8.42 Å². The number of hydrogen-bond donors (Lipinski definition) is 1. The van der Waals surface area contributed by atoms with Gasteiger partial charge in [-0.1, -0.05) is 32.0 Å². The monoisotopic (exact) mass is 391 g/mol. The van der Waals surface area contributed by atoms with Crippen LogP contribution in [0, 0.1) is 0 Å². The number of benzene rings is 1.